The van der Waals surface area contributed by atoms with Crippen LogP contribution in [0.2, 0.25) is 0 Å². The van der Waals surface area contributed by atoms with Gasteiger partial charge >= 0.3 is 6.03 Å². The molecule has 23 heavy (non-hydrogen) atoms. The molecule has 124 valence electrons. The fraction of sp³-hybridized carbons (Fsp3) is 0.400. The molecule has 2 N–H and O–H groups in total. The van der Waals surface area contributed by atoms with E-state index in [9.17, 15) is 23.2 Å². The second-order valence-corrected chi connectivity index (χ2v) is 5.73. The molecule has 0 spiro atoms. The predicted octanol–water partition coefficient (Wildman–Crippen LogP) is 1.87. The average molecular weight is 325 g/mol. The molecule has 1 heterocycles. The first-order valence-electron chi connectivity index (χ1n) is 7.14. The summed E-state index contributed by atoms with van der Waals surface area (Å²) in [6.45, 7) is 3.34. The molecular weight excluding hydrogens is 308 g/mol. The van der Waals surface area contributed by atoms with E-state index < -0.39 is 42.1 Å². The Morgan fingerprint density at radius 2 is 2.00 bits per heavy atom. The first-order valence-corrected chi connectivity index (χ1v) is 7.14. The number of urea groups is 1. The topological polar surface area (TPSA) is 78.5 Å². The van der Waals surface area contributed by atoms with Gasteiger partial charge in [0.25, 0.3) is 5.91 Å². The second kappa shape index (κ2) is 6.72. The van der Waals surface area contributed by atoms with Crippen LogP contribution in [0.25, 0.3) is 0 Å². The van der Waals surface area contributed by atoms with Crippen LogP contribution in [0.5, 0.6) is 0 Å². The Balaban J connectivity index is 1.98. The van der Waals surface area contributed by atoms with Crippen molar-refractivity contribution in [2.75, 3.05) is 11.9 Å². The Kier molecular flexibility index (Phi) is 4.92. The van der Waals surface area contributed by atoms with Crippen molar-refractivity contribution < 1.29 is 23.2 Å². The Bertz CT molecular complexity index is 649. The molecular formula is C15H17F2N3O3. The molecule has 0 aliphatic carbocycles. The predicted molar refractivity (Wildman–Crippen MR) is 78.5 cm³/mol. The fourth-order valence-corrected chi connectivity index (χ4v) is 2.28. The molecule has 1 saturated heterocycles. The van der Waals surface area contributed by atoms with Crippen molar-refractivity contribution in [2.45, 2.75) is 26.3 Å². The second-order valence-electron chi connectivity index (χ2n) is 5.73. The van der Waals surface area contributed by atoms with Crippen molar-refractivity contribution in [3.63, 3.8) is 0 Å². The normalized spacial score (nSPS) is 17.6. The zero-order chi connectivity index (χ0) is 17.1. The Morgan fingerprint density at radius 1 is 1.30 bits per heavy atom. The molecule has 0 unspecified atom stereocenters. The van der Waals surface area contributed by atoms with E-state index in [4.69, 9.17) is 0 Å². The minimum Gasteiger partial charge on any atom is -0.326 e. The number of carbonyl (C=O) groups excluding carboxylic acids is 3. The molecule has 1 aromatic rings. The van der Waals surface area contributed by atoms with E-state index in [1.807, 2.05) is 13.8 Å². The monoisotopic (exact) mass is 325 g/mol. The van der Waals surface area contributed by atoms with Crippen molar-refractivity contribution in [1.82, 2.24) is 10.2 Å². The standard InChI is InChI=1S/C15H17F2N3O3/c1-8(2)5-12-14(22)20(15(23)19-12)7-13(21)18-9-3-4-10(16)11(17)6-9/h3-4,6,8,12H,5,7H2,1-2H3,(H,18,21)(H,19,23)/t12-/m0/s1. The molecule has 1 aliphatic rings. The number of amides is 4. The third-order valence-corrected chi connectivity index (χ3v) is 3.32. The van der Waals surface area contributed by atoms with Crippen LogP contribution < -0.4 is 10.6 Å². The first kappa shape index (κ1) is 16.9. The number of halogens is 2. The van der Waals surface area contributed by atoms with Crippen molar-refractivity contribution >= 4 is 23.5 Å². The molecule has 2 rings (SSSR count). The highest BCUT2D eigenvalue weighted by molar-refractivity contribution is 6.07. The summed E-state index contributed by atoms with van der Waals surface area (Å²) in [6, 6.07) is 1.60. The maximum Gasteiger partial charge on any atom is 0.325 e. The van der Waals surface area contributed by atoms with Gasteiger partial charge in [-0.25, -0.2) is 13.6 Å². The van der Waals surface area contributed by atoms with Crippen molar-refractivity contribution in [3.8, 4) is 0 Å². The summed E-state index contributed by atoms with van der Waals surface area (Å²) >= 11 is 0. The molecule has 1 aromatic carbocycles. The summed E-state index contributed by atoms with van der Waals surface area (Å²) in [6.07, 6.45) is 0.478. The van der Waals surface area contributed by atoms with Gasteiger partial charge in [0.1, 0.15) is 12.6 Å². The van der Waals surface area contributed by atoms with Crippen LogP contribution >= 0.6 is 0 Å². The zero-order valence-electron chi connectivity index (χ0n) is 12.7. The van der Waals surface area contributed by atoms with E-state index in [1.165, 1.54) is 6.07 Å². The maximum absolute atomic E-state index is 13.1. The molecule has 1 fully saturated rings. The minimum atomic E-state index is -1.10. The van der Waals surface area contributed by atoms with Gasteiger partial charge in [-0.2, -0.15) is 0 Å². The summed E-state index contributed by atoms with van der Waals surface area (Å²) in [5.41, 5.74) is 0.0414. The van der Waals surface area contributed by atoms with Gasteiger partial charge in [0.05, 0.1) is 0 Å². The van der Waals surface area contributed by atoms with Crippen LogP contribution in [-0.2, 0) is 9.59 Å². The number of rotatable bonds is 5. The SMILES string of the molecule is CC(C)C[C@@H]1NC(=O)N(CC(=O)Nc2ccc(F)c(F)c2)C1=O. The summed E-state index contributed by atoms with van der Waals surface area (Å²) in [4.78, 5) is 36.6. The number of nitrogens with one attached hydrogen (secondary N) is 2. The van der Waals surface area contributed by atoms with E-state index in [2.05, 4.69) is 10.6 Å². The van der Waals surface area contributed by atoms with E-state index in [0.717, 1.165) is 17.0 Å². The van der Waals surface area contributed by atoms with Crippen LogP contribution in [-0.4, -0.2) is 35.3 Å². The Hall–Kier alpha value is -2.51. The highest BCUT2D eigenvalue weighted by Gasteiger charge is 2.38. The largest absolute Gasteiger partial charge is 0.326 e. The van der Waals surface area contributed by atoms with Gasteiger partial charge in [-0.3, -0.25) is 14.5 Å². The number of hydrogen-bond acceptors (Lipinski definition) is 3. The molecule has 0 radical (unpaired) electrons. The highest BCUT2D eigenvalue weighted by atomic mass is 19.2. The fourth-order valence-electron chi connectivity index (χ4n) is 2.28. The van der Waals surface area contributed by atoms with E-state index in [1.54, 1.807) is 0 Å². The van der Waals surface area contributed by atoms with E-state index >= 15 is 0 Å². The molecule has 0 saturated carbocycles. The average Bonchev–Trinajstić information content (AvgIpc) is 2.70. The number of imide groups is 1. The van der Waals surface area contributed by atoms with Gasteiger partial charge < -0.3 is 10.6 Å². The van der Waals surface area contributed by atoms with Crippen molar-refractivity contribution in [3.05, 3.63) is 29.8 Å². The number of anilines is 1. The first-order chi connectivity index (χ1) is 10.8. The molecule has 0 bridgehead atoms. The lowest BCUT2D eigenvalue weighted by Crippen LogP contribution is -2.38. The summed E-state index contributed by atoms with van der Waals surface area (Å²) < 4.78 is 25.9. The number of carbonyl (C=O) groups is 3. The quantitative estimate of drug-likeness (QED) is 0.811. The smallest absolute Gasteiger partial charge is 0.325 e. The van der Waals surface area contributed by atoms with Gasteiger partial charge in [-0.1, -0.05) is 13.8 Å². The molecule has 4 amide bonds. The molecule has 1 atom stereocenters. The number of nitrogens with zero attached hydrogens (tertiary/aromatic N) is 1. The summed E-state index contributed by atoms with van der Waals surface area (Å²) in [7, 11) is 0. The van der Waals surface area contributed by atoms with E-state index in [-0.39, 0.29) is 11.6 Å². The summed E-state index contributed by atoms with van der Waals surface area (Å²) in [5.74, 6) is -3.07. The van der Waals surface area contributed by atoms with E-state index in [0.29, 0.717) is 6.42 Å². The Labute approximate surface area is 131 Å². The van der Waals surface area contributed by atoms with Crippen molar-refractivity contribution in [1.29, 1.82) is 0 Å². The number of hydrogen-bond donors (Lipinski definition) is 2. The molecule has 6 nitrogen and oxygen atoms in total. The molecule has 1 aliphatic heterocycles. The van der Waals surface area contributed by atoms with Gasteiger partial charge in [-0.05, 0) is 24.5 Å². The van der Waals surface area contributed by atoms with Crippen LogP contribution in [0.1, 0.15) is 20.3 Å². The van der Waals surface area contributed by atoms with Gasteiger partial charge in [0.2, 0.25) is 5.91 Å². The van der Waals surface area contributed by atoms with Crippen LogP contribution in [0, 0.1) is 17.6 Å². The number of benzene rings is 1. The van der Waals surface area contributed by atoms with Gasteiger partial charge in [0.15, 0.2) is 11.6 Å². The lowest BCUT2D eigenvalue weighted by molar-refractivity contribution is -0.131. The lowest BCUT2D eigenvalue weighted by atomic mass is 10.0. The molecule has 0 aromatic heterocycles. The van der Waals surface area contributed by atoms with Crippen LogP contribution in [0.15, 0.2) is 18.2 Å². The zero-order valence-corrected chi connectivity index (χ0v) is 12.7. The highest BCUT2D eigenvalue weighted by Crippen LogP contribution is 2.15. The van der Waals surface area contributed by atoms with Crippen LogP contribution in [0.3, 0.4) is 0 Å². The van der Waals surface area contributed by atoms with Gasteiger partial charge in [0, 0.05) is 11.8 Å². The van der Waals surface area contributed by atoms with Crippen molar-refractivity contribution in [2.24, 2.45) is 5.92 Å². The molecule has 8 heteroatoms. The third kappa shape index (κ3) is 4.02. The van der Waals surface area contributed by atoms with Gasteiger partial charge in [-0.15, -0.1) is 0 Å². The third-order valence-electron chi connectivity index (χ3n) is 3.32. The Morgan fingerprint density at radius 3 is 2.61 bits per heavy atom. The summed E-state index contributed by atoms with van der Waals surface area (Å²) in [5, 5.41) is 4.83. The maximum atomic E-state index is 13.1. The minimum absolute atomic E-state index is 0.0414. The van der Waals surface area contributed by atoms with Crippen LogP contribution in [0.4, 0.5) is 19.3 Å². The lowest BCUT2D eigenvalue weighted by Gasteiger charge is -2.13.